The smallest absolute Gasteiger partial charge is 0.0790 e. The van der Waals surface area contributed by atoms with E-state index in [1.807, 2.05) is 24.3 Å². The third kappa shape index (κ3) is 6.51. The van der Waals surface area contributed by atoms with Gasteiger partial charge in [-0.05, 0) is 24.0 Å². The van der Waals surface area contributed by atoms with E-state index in [1.165, 1.54) is 10.4 Å². The van der Waals surface area contributed by atoms with Crippen LogP contribution >= 0.6 is 34.5 Å². The van der Waals surface area contributed by atoms with Gasteiger partial charge < -0.3 is 9.84 Å². The van der Waals surface area contributed by atoms with Gasteiger partial charge in [0.25, 0.3) is 0 Å². The summed E-state index contributed by atoms with van der Waals surface area (Å²) in [6, 6.07) is 12.2. The zero-order valence-corrected chi connectivity index (χ0v) is 21.4. The summed E-state index contributed by atoms with van der Waals surface area (Å²) in [6.45, 7) is 3.33. The molecule has 5 unspecified atom stereocenters. The Morgan fingerprint density at radius 2 is 1.96 bits per heavy atom. The Labute approximate surface area is 207 Å². The number of hydrogen-bond donors (Lipinski definition) is 1. The number of aliphatic hydroxyl groups excluding tert-OH is 1. The van der Waals surface area contributed by atoms with Gasteiger partial charge in [-0.15, -0.1) is 33.5 Å². The van der Waals surface area contributed by atoms with Crippen molar-refractivity contribution in [3.8, 4) is 0 Å². The molecule has 1 saturated carbocycles. The molecule has 0 spiro atoms. The van der Waals surface area contributed by atoms with E-state index in [1.54, 1.807) is 11.3 Å². The van der Waals surface area contributed by atoms with Crippen molar-refractivity contribution < 1.29 is 42.6 Å². The van der Waals surface area contributed by atoms with Crippen LogP contribution in [0, 0.1) is 11.3 Å². The topological polar surface area (TPSA) is 29.5 Å². The van der Waals surface area contributed by atoms with Gasteiger partial charge in [0, 0.05) is 61.9 Å². The first-order valence-corrected chi connectivity index (χ1v) is 11.4. The minimum Gasteiger partial charge on any atom is -0.389 e. The number of unbranched alkanes of at least 4 members (excludes halogenated alkanes) is 1. The van der Waals surface area contributed by atoms with Gasteiger partial charge in [0.1, 0.15) is 0 Å². The number of thiophene rings is 1. The first kappa shape index (κ1) is 24.8. The van der Waals surface area contributed by atoms with Gasteiger partial charge >= 0.3 is 0 Å². The Balaban J connectivity index is 0.00000280. The van der Waals surface area contributed by atoms with Crippen molar-refractivity contribution in [2.24, 2.45) is 5.92 Å². The van der Waals surface area contributed by atoms with Gasteiger partial charge in [0.2, 0.25) is 0 Å². The maximum Gasteiger partial charge on any atom is 0.0790 e. The van der Waals surface area contributed by atoms with Crippen LogP contribution in [0.3, 0.4) is 0 Å². The Kier molecular flexibility index (Phi) is 11.0. The predicted octanol–water partition coefficient (Wildman–Crippen LogP) is 6.30. The number of hydrogen-bond acceptors (Lipinski definition) is 3. The largest absolute Gasteiger partial charge is 0.389 e. The summed E-state index contributed by atoms with van der Waals surface area (Å²) >= 11 is 14.8. The minimum absolute atomic E-state index is 0. The van der Waals surface area contributed by atoms with Crippen molar-refractivity contribution in [2.45, 2.75) is 62.0 Å². The van der Waals surface area contributed by atoms with Gasteiger partial charge in [0.15, 0.2) is 0 Å². The summed E-state index contributed by atoms with van der Waals surface area (Å²) < 4.78 is 5.95. The molecule has 1 N–H and O–H groups in total. The first-order valence-electron chi connectivity index (χ1n) is 9.68. The molecule has 5 atom stereocenters. The second kappa shape index (κ2) is 12.4. The van der Waals surface area contributed by atoms with Crippen molar-refractivity contribution in [1.29, 1.82) is 0 Å². The van der Waals surface area contributed by atoms with Crippen LogP contribution in [0.5, 0.6) is 0 Å². The fourth-order valence-corrected chi connectivity index (χ4v) is 5.44. The van der Waals surface area contributed by atoms with Gasteiger partial charge in [-0.25, -0.2) is 0 Å². The SMILES string of the molecule is CCCCC(O)c1ccc(C2C(Cl)CC(Cl)C2COCc2cc[c-]s2)cc1.[Y]. The quantitative estimate of drug-likeness (QED) is 0.314. The van der Waals surface area contributed by atoms with E-state index >= 15 is 0 Å². The molecule has 2 aromatic rings. The fourth-order valence-electron chi connectivity index (χ4n) is 3.84. The Morgan fingerprint density at radius 1 is 1.21 bits per heavy atom. The molecule has 1 aromatic carbocycles. The van der Waals surface area contributed by atoms with E-state index in [0.717, 1.165) is 31.2 Å². The van der Waals surface area contributed by atoms with E-state index in [2.05, 4.69) is 24.4 Å². The number of aliphatic hydroxyl groups is 1. The molecule has 0 aliphatic heterocycles. The van der Waals surface area contributed by atoms with Gasteiger partial charge in [-0.2, -0.15) is 12.1 Å². The number of ether oxygens (including phenoxy) is 1. The van der Waals surface area contributed by atoms with E-state index in [4.69, 9.17) is 27.9 Å². The molecule has 1 radical (unpaired) electrons. The molecule has 151 valence electrons. The van der Waals surface area contributed by atoms with Crippen LogP contribution in [-0.2, 0) is 44.1 Å². The molecule has 1 aliphatic rings. The van der Waals surface area contributed by atoms with E-state index in [-0.39, 0.29) is 55.3 Å². The van der Waals surface area contributed by atoms with Crippen LogP contribution in [0.15, 0.2) is 36.4 Å². The standard InChI is InChI=1S/C22H27Cl2O2S.Y/c1-2-3-6-21(25)15-7-9-16(10-8-15)22-18(19(23)12-20(22)24)14-26-13-17-5-4-11-27-17;/h4-5,7-10,18-22,25H,2-3,6,12-14H2,1H3;/q-1;. The number of halogens is 2. The number of benzene rings is 1. The van der Waals surface area contributed by atoms with Crippen molar-refractivity contribution in [3.63, 3.8) is 0 Å². The second-order valence-electron chi connectivity index (χ2n) is 7.32. The Morgan fingerprint density at radius 3 is 2.61 bits per heavy atom. The summed E-state index contributed by atoms with van der Waals surface area (Å²) in [5, 5.41) is 13.4. The number of alkyl halides is 2. The summed E-state index contributed by atoms with van der Waals surface area (Å²) in [5.74, 6) is 0.361. The summed E-state index contributed by atoms with van der Waals surface area (Å²) in [4.78, 5) is 1.17. The average Bonchev–Trinajstić information content (AvgIpc) is 3.28. The van der Waals surface area contributed by atoms with Crippen molar-refractivity contribution in [1.82, 2.24) is 0 Å². The normalized spacial score (nSPS) is 25.4. The van der Waals surface area contributed by atoms with Crippen molar-refractivity contribution in [3.05, 3.63) is 57.8 Å². The molecule has 1 fully saturated rings. The predicted molar refractivity (Wildman–Crippen MR) is 114 cm³/mol. The summed E-state index contributed by atoms with van der Waals surface area (Å²) in [6.07, 6.45) is 3.32. The van der Waals surface area contributed by atoms with E-state index in [9.17, 15) is 5.11 Å². The van der Waals surface area contributed by atoms with Gasteiger partial charge in [0.05, 0.1) is 12.7 Å². The molecule has 28 heavy (non-hydrogen) atoms. The van der Waals surface area contributed by atoms with Crippen molar-refractivity contribution >= 4 is 34.5 Å². The van der Waals surface area contributed by atoms with Crippen LogP contribution in [0.25, 0.3) is 0 Å². The summed E-state index contributed by atoms with van der Waals surface area (Å²) in [5.41, 5.74) is 2.16. The molecule has 0 bridgehead atoms. The minimum atomic E-state index is -0.392. The van der Waals surface area contributed by atoms with E-state index < -0.39 is 6.10 Å². The van der Waals surface area contributed by atoms with Crippen LogP contribution < -0.4 is 0 Å². The van der Waals surface area contributed by atoms with Crippen LogP contribution in [0.2, 0.25) is 0 Å². The Hall–Kier alpha value is 0.524. The second-order valence-corrected chi connectivity index (χ2v) is 9.40. The monoisotopic (exact) mass is 514 g/mol. The molecule has 0 amide bonds. The third-order valence-corrected chi connectivity index (χ3v) is 7.11. The fraction of sp³-hybridized carbons (Fsp3) is 0.545. The maximum atomic E-state index is 10.3. The van der Waals surface area contributed by atoms with Crippen LogP contribution in [-0.4, -0.2) is 22.5 Å². The molecule has 1 aromatic heterocycles. The molecule has 1 heterocycles. The zero-order valence-electron chi connectivity index (χ0n) is 16.2. The third-order valence-electron chi connectivity index (χ3n) is 5.39. The Bertz CT molecular complexity index is 680. The molecular weight excluding hydrogens is 488 g/mol. The molecule has 1 aliphatic carbocycles. The average molecular weight is 515 g/mol. The number of rotatable bonds is 9. The van der Waals surface area contributed by atoms with Gasteiger partial charge in [-0.3, -0.25) is 11.3 Å². The van der Waals surface area contributed by atoms with Gasteiger partial charge in [-0.1, -0.05) is 44.0 Å². The zero-order chi connectivity index (χ0) is 19.2. The van der Waals surface area contributed by atoms with E-state index in [0.29, 0.717) is 13.2 Å². The van der Waals surface area contributed by atoms with Crippen molar-refractivity contribution in [2.75, 3.05) is 6.61 Å². The maximum absolute atomic E-state index is 10.3. The molecule has 2 nitrogen and oxygen atoms in total. The van der Waals surface area contributed by atoms with Crippen LogP contribution in [0.4, 0.5) is 0 Å². The van der Waals surface area contributed by atoms with Crippen LogP contribution in [0.1, 0.15) is 60.6 Å². The molecule has 0 saturated heterocycles. The molecular formula is C22H27Cl2O2SY-. The summed E-state index contributed by atoms with van der Waals surface area (Å²) in [7, 11) is 0. The first-order chi connectivity index (χ1) is 13.1. The molecule has 6 heteroatoms. The molecule has 3 rings (SSSR count).